The maximum Gasteiger partial charge on any atom is 0.267 e. The molecule has 1 aromatic heterocycles. The van der Waals surface area contributed by atoms with Crippen LogP contribution < -0.4 is 5.56 Å². The summed E-state index contributed by atoms with van der Waals surface area (Å²) in [4.78, 5) is 26.8. The average Bonchev–Trinajstić information content (AvgIpc) is 3.11. The van der Waals surface area contributed by atoms with Crippen molar-refractivity contribution in [3.63, 3.8) is 0 Å². The fourth-order valence-electron chi connectivity index (χ4n) is 4.07. The molecule has 1 amide bonds. The van der Waals surface area contributed by atoms with Crippen molar-refractivity contribution >= 4 is 21.8 Å². The second kappa shape index (κ2) is 7.97. The van der Waals surface area contributed by atoms with Crippen LogP contribution >= 0.6 is 15.9 Å². The summed E-state index contributed by atoms with van der Waals surface area (Å²) in [5.74, 6) is 0.593. The minimum Gasteiger partial charge on any atom is -0.342 e. The molecule has 1 fully saturated rings. The number of aryl methyl sites for hydroxylation is 2. The molecule has 0 bridgehead atoms. The Bertz CT molecular complexity index is 883. The highest BCUT2D eigenvalue weighted by atomic mass is 79.9. The quantitative estimate of drug-likeness (QED) is 0.750. The number of aromatic nitrogens is 2. The topological polar surface area (TPSA) is 55.2 Å². The first-order chi connectivity index (χ1) is 13.1. The molecule has 1 aliphatic heterocycles. The highest BCUT2D eigenvalue weighted by Gasteiger charge is 2.24. The van der Waals surface area contributed by atoms with Crippen LogP contribution in [0.2, 0.25) is 0 Å². The molecule has 1 saturated heterocycles. The van der Waals surface area contributed by atoms with Crippen molar-refractivity contribution in [3.05, 3.63) is 62.0 Å². The van der Waals surface area contributed by atoms with Crippen LogP contribution in [0.1, 0.15) is 36.1 Å². The molecule has 0 N–H and O–H groups in total. The largest absolute Gasteiger partial charge is 0.342 e. The monoisotopic (exact) mass is 429 g/mol. The van der Waals surface area contributed by atoms with Crippen molar-refractivity contribution < 1.29 is 4.79 Å². The number of hydrogen-bond donors (Lipinski definition) is 0. The number of rotatable bonds is 4. The molecule has 1 aromatic carbocycles. The van der Waals surface area contributed by atoms with Crippen molar-refractivity contribution in [2.24, 2.45) is 5.92 Å². The van der Waals surface area contributed by atoms with E-state index in [1.54, 1.807) is 10.7 Å². The van der Waals surface area contributed by atoms with E-state index in [2.05, 4.69) is 21.0 Å². The summed E-state index contributed by atoms with van der Waals surface area (Å²) >= 11 is 3.42. The molecule has 0 saturated carbocycles. The molecule has 2 heterocycles. The van der Waals surface area contributed by atoms with Crippen LogP contribution in [-0.2, 0) is 30.6 Å². The molecule has 1 aliphatic carbocycles. The predicted octanol–water partition coefficient (Wildman–Crippen LogP) is 2.98. The SMILES string of the molecule is O=C(Cc1ccc(Br)cc1)N1CCC(Cn2nc3c(cc2=O)CCC3)CC1. The van der Waals surface area contributed by atoms with Gasteiger partial charge in [-0.3, -0.25) is 9.59 Å². The Labute approximate surface area is 167 Å². The van der Waals surface area contributed by atoms with Gasteiger partial charge in [-0.15, -0.1) is 0 Å². The van der Waals surface area contributed by atoms with Crippen molar-refractivity contribution in [1.29, 1.82) is 0 Å². The van der Waals surface area contributed by atoms with Crippen molar-refractivity contribution in [2.75, 3.05) is 13.1 Å². The predicted molar refractivity (Wildman–Crippen MR) is 108 cm³/mol. The van der Waals surface area contributed by atoms with Crippen LogP contribution in [0, 0.1) is 5.92 Å². The van der Waals surface area contributed by atoms with Gasteiger partial charge in [-0.2, -0.15) is 5.10 Å². The van der Waals surface area contributed by atoms with Gasteiger partial charge in [-0.25, -0.2) is 4.68 Å². The Hall–Kier alpha value is -1.95. The maximum absolute atomic E-state index is 12.5. The lowest BCUT2D eigenvalue weighted by Gasteiger charge is -2.32. The summed E-state index contributed by atoms with van der Waals surface area (Å²) in [6, 6.07) is 9.68. The van der Waals surface area contributed by atoms with Gasteiger partial charge in [0, 0.05) is 30.2 Å². The molecule has 5 nitrogen and oxygen atoms in total. The van der Waals surface area contributed by atoms with E-state index in [9.17, 15) is 9.59 Å². The third-order valence-electron chi connectivity index (χ3n) is 5.69. The number of piperidine rings is 1. The third kappa shape index (κ3) is 4.32. The van der Waals surface area contributed by atoms with Crippen LogP contribution in [0.4, 0.5) is 0 Å². The second-order valence-corrected chi connectivity index (χ2v) is 8.53. The Morgan fingerprint density at radius 2 is 1.89 bits per heavy atom. The number of benzene rings is 1. The number of halogens is 1. The molecule has 27 heavy (non-hydrogen) atoms. The van der Waals surface area contributed by atoms with Gasteiger partial charge in [0.1, 0.15) is 0 Å². The van der Waals surface area contributed by atoms with E-state index in [1.165, 1.54) is 0 Å². The van der Waals surface area contributed by atoms with E-state index in [-0.39, 0.29) is 11.5 Å². The highest BCUT2D eigenvalue weighted by Crippen LogP contribution is 2.21. The second-order valence-electron chi connectivity index (χ2n) is 7.62. The Balaban J connectivity index is 1.32. The first-order valence-corrected chi connectivity index (χ1v) is 10.5. The van der Waals surface area contributed by atoms with Gasteiger partial charge in [0.25, 0.3) is 5.56 Å². The van der Waals surface area contributed by atoms with Gasteiger partial charge < -0.3 is 4.90 Å². The van der Waals surface area contributed by atoms with E-state index < -0.39 is 0 Å². The number of nitrogens with zero attached hydrogens (tertiary/aromatic N) is 3. The van der Waals surface area contributed by atoms with Crippen LogP contribution in [0.5, 0.6) is 0 Å². The molecule has 0 radical (unpaired) electrons. The highest BCUT2D eigenvalue weighted by molar-refractivity contribution is 9.10. The van der Waals surface area contributed by atoms with Gasteiger partial charge >= 0.3 is 0 Å². The molecule has 0 atom stereocenters. The van der Waals surface area contributed by atoms with Crippen LogP contribution in [0.25, 0.3) is 0 Å². The zero-order valence-corrected chi connectivity index (χ0v) is 17.0. The molecule has 4 rings (SSSR count). The number of amides is 1. The molecular weight excluding hydrogens is 406 g/mol. The molecular formula is C21H24BrN3O2. The van der Waals surface area contributed by atoms with E-state index in [1.807, 2.05) is 29.2 Å². The van der Waals surface area contributed by atoms with Crippen molar-refractivity contribution in [3.8, 4) is 0 Å². The smallest absolute Gasteiger partial charge is 0.267 e. The number of likely N-dealkylation sites (tertiary alicyclic amines) is 1. The minimum absolute atomic E-state index is 0.0180. The van der Waals surface area contributed by atoms with Gasteiger partial charge in [-0.05, 0) is 61.3 Å². The normalized spacial score (nSPS) is 17.1. The van der Waals surface area contributed by atoms with E-state index in [0.717, 1.165) is 66.5 Å². The van der Waals surface area contributed by atoms with Gasteiger partial charge in [-0.1, -0.05) is 28.1 Å². The zero-order chi connectivity index (χ0) is 18.8. The summed E-state index contributed by atoms with van der Waals surface area (Å²) < 4.78 is 2.67. The van der Waals surface area contributed by atoms with E-state index in [4.69, 9.17) is 0 Å². The van der Waals surface area contributed by atoms with Crippen LogP contribution in [-0.4, -0.2) is 33.7 Å². The first-order valence-electron chi connectivity index (χ1n) is 9.70. The number of carbonyl (C=O) groups is 1. The van der Waals surface area contributed by atoms with Crippen molar-refractivity contribution in [2.45, 2.75) is 45.1 Å². The zero-order valence-electron chi connectivity index (χ0n) is 15.4. The lowest BCUT2D eigenvalue weighted by Crippen LogP contribution is -2.41. The Kier molecular flexibility index (Phi) is 5.43. The molecule has 2 aliphatic rings. The lowest BCUT2D eigenvalue weighted by molar-refractivity contribution is -0.131. The molecule has 2 aromatic rings. The first kappa shape index (κ1) is 18.4. The molecule has 6 heteroatoms. The fraction of sp³-hybridized carbons (Fsp3) is 0.476. The number of carbonyl (C=O) groups excluding carboxylic acids is 1. The van der Waals surface area contributed by atoms with Gasteiger partial charge in [0.15, 0.2) is 0 Å². The summed E-state index contributed by atoms with van der Waals surface area (Å²) in [5.41, 5.74) is 3.28. The van der Waals surface area contributed by atoms with Crippen molar-refractivity contribution in [1.82, 2.24) is 14.7 Å². The summed E-state index contributed by atoms with van der Waals surface area (Å²) in [5, 5.41) is 4.58. The maximum atomic E-state index is 12.5. The molecule has 142 valence electrons. The van der Waals surface area contributed by atoms with Gasteiger partial charge in [0.05, 0.1) is 12.1 Å². The number of fused-ring (bicyclic) bond motifs is 1. The van der Waals surface area contributed by atoms with Gasteiger partial charge in [0.2, 0.25) is 5.91 Å². The lowest BCUT2D eigenvalue weighted by atomic mass is 9.96. The molecule has 0 spiro atoms. The Morgan fingerprint density at radius 1 is 1.15 bits per heavy atom. The number of hydrogen-bond acceptors (Lipinski definition) is 3. The summed E-state index contributed by atoms with van der Waals surface area (Å²) in [6.07, 6.45) is 5.37. The van der Waals surface area contributed by atoms with E-state index in [0.29, 0.717) is 18.9 Å². The summed E-state index contributed by atoms with van der Waals surface area (Å²) in [7, 11) is 0. The van der Waals surface area contributed by atoms with Crippen LogP contribution in [0.3, 0.4) is 0 Å². The average molecular weight is 430 g/mol. The molecule has 0 unspecified atom stereocenters. The van der Waals surface area contributed by atoms with Crippen LogP contribution in [0.15, 0.2) is 39.6 Å². The Morgan fingerprint density at radius 3 is 2.63 bits per heavy atom. The fourth-order valence-corrected chi connectivity index (χ4v) is 4.33. The minimum atomic E-state index is 0.0180. The summed E-state index contributed by atoms with van der Waals surface area (Å²) in [6.45, 7) is 2.19. The van der Waals surface area contributed by atoms with E-state index >= 15 is 0 Å². The standard InChI is InChI=1S/C21H24BrN3O2/c22-18-6-4-15(5-7-18)12-20(26)24-10-8-16(9-11-24)14-25-21(27)13-17-2-1-3-19(17)23-25/h4-7,13,16H,1-3,8-12,14H2. The third-order valence-corrected chi connectivity index (χ3v) is 6.22.